The van der Waals surface area contributed by atoms with E-state index in [4.69, 9.17) is 0 Å². The first kappa shape index (κ1) is 13.3. The SMILES string of the molecule is Brc1ccc(C2=C[C@@H](c3ccccc3)n3ncnc3N2)cc1. The molecule has 0 bridgehead atoms. The van der Waals surface area contributed by atoms with E-state index in [-0.39, 0.29) is 6.04 Å². The van der Waals surface area contributed by atoms with Gasteiger partial charge in [-0.2, -0.15) is 10.1 Å². The zero-order valence-electron chi connectivity index (χ0n) is 11.6. The summed E-state index contributed by atoms with van der Waals surface area (Å²) >= 11 is 3.47. The Kier molecular flexibility index (Phi) is 3.27. The predicted molar refractivity (Wildman–Crippen MR) is 90.3 cm³/mol. The van der Waals surface area contributed by atoms with Gasteiger partial charge in [0.05, 0.1) is 0 Å². The molecule has 0 spiro atoms. The lowest BCUT2D eigenvalue weighted by atomic mass is 10.0. The van der Waals surface area contributed by atoms with Crippen molar-refractivity contribution >= 4 is 27.6 Å². The number of nitrogens with zero attached hydrogens (tertiary/aromatic N) is 3. The third kappa shape index (κ3) is 2.33. The summed E-state index contributed by atoms with van der Waals surface area (Å²) in [4.78, 5) is 4.32. The van der Waals surface area contributed by atoms with Crippen molar-refractivity contribution in [3.8, 4) is 0 Å². The standard InChI is InChI=1S/C17H13BrN4/c18-14-8-6-12(7-9-14)15-10-16(13-4-2-1-3-5-13)22-17(21-15)19-11-20-22/h1-11,16H,(H,19,20,21)/t16-/m0/s1. The van der Waals surface area contributed by atoms with E-state index in [1.54, 1.807) is 6.33 Å². The molecule has 0 saturated heterocycles. The van der Waals surface area contributed by atoms with E-state index in [9.17, 15) is 0 Å². The molecule has 3 aromatic rings. The average Bonchev–Trinajstić information content (AvgIpc) is 3.04. The van der Waals surface area contributed by atoms with E-state index in [1.807, 2.05) is 35.0 Å². The van der Waals surface area contributed by atoms with Crippen molar-refractivity contribution in [3.05, 3.63) is 82.6 Å². The summed E-state index contributed by atoms with van der Waals surface area (Å²) in [6, 6.07) is 18.6. The van der Waals surface area contributed by atoms with Crippen LogP contribution in [-0.4, -0.2) is 14.8 Å². The first-order chi connectivity index (χ1) is 10.8. The van der Waals surface area contributed by atoms with Gasteiger partial charge < -0.3 is 5.32 Å². The second-order valence-electron chi connectivity index (χ2n) is 5.10. The van der Waals surface area contributed by atoms with Gasteiger partial charge >= 0.3 is 0 Å². The molecular formula is C17H13BrN4. The number of benzene rings is 2. The number of anilines is 1. The molecule has 1 N–H and O–H groups in total. The first-order valence-corrected chi connectivity index (χ1v) is 7.80. The van der Waals surface area contributed by atoms with Gasteiger partial charge in [-0.3, -0.25) is 0 Å². The fraction of sp³-hybridized carbons (Fsp3) is 0.0588. The summed E-state index contributed by atoms with van der Waals surface area (Å²) in [5.41, 5.74) is 3.35. The van der Waals surface area contributed by atoms with Crippen LogP contribution in [0.4, 0.5) is 5.95 Å². The maximum Gasteiger partial charge on any atom is 0.226 e. The number of allylic oxidation sites excluding steroid dienone is 1. The molecule has 0 fully saturated rings. The predicted octanol–water partition coefficient (Wildman–Crippen LogP) is 4.10. The Morgan fingerprint density at radius 1 is 1.00 bits per heavy atom. The van der Waals surface area contributed by atoms with Gasteiger partial charge in [0, 0.05) is 10.2 Å². The molecule has 0 aliphatic carbocycles. The van der Waals surface area contributed by atoms with Crippen LogP contribution < -0.4 is 5.32 Å². The molecule has 1 atom stereocenters. The van der Waals surface area contributed by atoms with Crippen LogP contribution in [0.1, 0.15) is 17.2 Å². The molecule has 0 unspecified atom stereocenters. The minimum Gasteiger partial charge on any atom is -0.324 e. The van der Waals surface area contributed by atoms with Gasteiger partial charge in [0.2, 0.25) is 5.95 Å². The third-order valence-corrected chi connectivity index (χ3v) is 4.23. The van der Waals surface area contributed by atoms with Gasteiger partial charge in [-0.05, 0) is 29.3 Å². The molecule has 4 nitrogen and oxygen atoms in total. The first-order valence-electron chi connectivity index (χ1n) is 7.00. The Bertz CT molecular complexity index is 821. The molecule has 0 amide bonds. The topological polar surface area (TPSA) is 42.7 Å². The summed E-state index contributed by atoms with van der Waals surface area (Å²) < 4.78 is 2.97. The molecule has 0 radical (unpaired) electrons. The van der Waals surface area contributed by atoms with Crippen LogP contribution in [0.2, 0.25) is 0 Å². The van der Waals surface area contributed by atoms with Crippen LogP contribution in [0, 0.1) is 0 Å². The molecule has 0 saturated carbocycles. The monoisotopic (exact) mass is 352 g/mol. The van der Waals surface area contributed by atoms with Crippen LogP contribution in [-0.2, 0) is 0 Å². The summed E-state index contributed by atoms with van der Waals surface area (Å²) in [5.74, 6) is 0.759. The van der Waals surface area contributed by atoms with E-state index >= 15 is 0 Å². The number of nitrogens with one attached hydrogen (secondary N) is 1. The molecule has 1 aliphatic rings. The third-order valence-electron chi connectivity index (χ3n) is 3.70. The van der Waals surface area contributed by atoms with Crippen molar-refractivity contribution < 1.29 is 0 Å². The van der Waals surface area contributed by atoms with Crippen LogP contribution in [0.15, 0.2) is 71.5 Å². The van der Waals surface area contributed by atoms with E-state index in [2.05, 4.69) is 61.7 Å². The lowest BCUT2D eigenvalue weighted by molar-refractivity contribution is 0.612. The number of hydrogen-bond donors (Lipinski definition) is 1. The van der Waals surface area contributed by atoms with Gasteiger partial charge in [0.1, 0.15) is 12.4 Å². The second kappa shape index (κ2) is 5.42. The fourth-order valence-corrected chi connectivity index (χ4v) is 2.88. The van der Waals surface area contributed by atoms with Crippen molar-refractivity contribution in [3.63, 3.8) is 0 Å². The van der Waals surface area contributed by atoms with Gasteiger partial charge in [-0.1, -0.05) is 58.4 Å². The number of halogens is 1. The maximum absolute atomic E-state index is 4.35. The normalized spacial score (nSPS) is 16.6. The van der Waals surface area contributed by atoms with E-state index < -0.39 is 0 Å². The van der Waals surface area contributed by atoms with Crippen LogP contribution in [0.25, 0.3) is 5.70 Å². The fourth-order valence-electron chi connectivity index (χ4n) is 2.62. The Balaban J connectivity index is 1.81. The van der Waals surface area contributed by atoms with Gasteiger partial charge in [-0.25, -0.2) is 4.68 Å². The van der Waals surface area contributed by atoms with E-state index in [1.165, 1.54) is 5.56 Å². The summed E-state index contributed by atoms with van der Waals surface area (Å²) in [6.07, 6.45) is 3.76. The molecular weight excluding hydrogens is 340 g/mol. The molecule has 5 heteroatoms. The van der Waals surface area contributed by atoms with Crippen molar-refractivity contribution in [1.29, 1.82) is 0 Å². The van der Waals surface area contributed by atoms with Crippen molar-refractivity contribution in [1.82, 2.24) is 14.8 Å². The Hall–Kier alpha value is -2.40. The Labute approximate surface area is 136 Å². The highest BCUT2D eigenvalue weighted by atomic mass is 79.9. The zero-order chi connectivity index (χ0) is 14.9. The van der Waals surface area contributed by atoms with Crippen LogP contribution >= 0.6 is 15.9 Å². The Morgan fingerprint density at radius 2 is 1.77 bits per heavy atom. The molecule has 2 heterocycles. The van der Waals surface area contributed by atoms with Crippen molar-refractivity contribution in [2.45, 2.75) is 6.04 Å². The largest absolute Gasteiger partial charge is 0.324 e. The minimum atomic E-state index is 0.0404. The second-order valence-corrected chi connectivity index (χ2v) is 6.01. The highest BCUT2D eigenvalue weighted by Crippen LogP contribution is 2.31. The quantitative estimate of drug-likeness (QED) is 0.754. The zero-order valence-corrected chi connectivity index (χ0v) is 13.2. The maximum atomic E-state index is 4.35. The highest BCUT2D eigenvalue weighted by Gasteiger charge is 2.23. The van der Waals surface area contributed by atoms with Gasteiger partial charge in [0.15, 0.2) is 0 Å². The number of fused-ring (bicyclic) bond motifs is 1. The summed E-state index contributed by atoms with van der Waals surface area (Å²) in [6.45, 7) is 0. The highest BCUT2D eigenvalue weighted by molar-refractivity contribution is 9.10. The number of hydrogen-bond acceptors (Lipinski definition) is 3. The summed E-state index contributed by atoms with van der Waals surface area (Å²) in [5, 5.41) is 7.70. The average molecular weight is 353 g/mol. The summed E-state index contributed by atoms with van der Waals surface area (Å²) in [7, 11) is 0. The minimum absolute atomic E-state index is 0.0404. The lowest BCUT2D eigenvalue weighted by Crippen LogP contribution is -2.20. The molecule has 1 aromatic heterocycles. The van der Waals surface area contributed by atoms with Gasteiger partial charge in [0.25, 0.3) is 0 Å². The number of aromatic nitrogens is 3. The van der Waals surface area contributed by atoms with E-state index in [0.717, 1.165) is 21.7 Å². The smallest absolute Gasteiger partial charge is 0.226 e. The lowest BCUT2D eigenvalue weighted by Gasteiger charge is -2.24. The van der Waals surface area contributed by atoms with E-state index in [0.29, 0.717) is 0 Å². The molecule has 2 aromatic carbocycles. The van der Waals surface area contributed by atoms with Crippen LogP contribution in [0.3, 0.4) is 0 Å². The number of rotatable bonds is 2. The van der Waals surface area contributed by atoms with Crippen molar-refractivity contribution in [2.75, 3.05) is 5.32 Å². The van der Waals surface area contributed by atoms with Crippen molar-refractivity contribution in [2.24, 2.45) is 0 Å². The van der Waals surface area contributed by atoms with Gasteiger partial charge in [-0.15, -0.1) is 0 Å². The molecule has 4 rings (SSSR count). The molecule has 22 heavy (non-hydrogen) atoms. The van der Waals surface area contributed by atoms with Crippen LogP contribution in [0.5, 0.6) is 0 Å². The Morgan fingerprint density at radius 3 is 2.55 bits per heavy atom. The molecule has 108 valence electrons. The molecule has 1 aliphatic heterocycles.